The summed E-state index contributed by atoms with van der Waals surface area (Å²) in [4.78, 5) is 8.45. The number of aliphatic imine (C=N–C) groups is 2. The molecule has 0 atom stereocenters. The second-order valence-corrected chi connectivity index (χ2v) is 3.24. The molecule has 0 amide bonds. The van der Waals surface area contributed by atoms with E-state index in [1.54, 1.807) is 12.4 Å². The van der Waals surface area contributed by atoms with Crippen LogP contribution >= 0.6 is 0 Å². The van der Waals surface area contributed by atoms with Crippen LogP contribution in [-0.2, 0) is 0 Å². The van der Waals surface area contributed by atoms with Crippen molar-refractivity contribution < 1.29 is 0 Å². The first-order valence-corrected chi connectivity index (χ1v) is 4.52. The summed E-state index contributed by atoms with van der Waals surface area (Å²) in [5.74, 6) is 0. The molecule has 0 spiro atoms. The van der Waals surface area contributed by atoms with Gasteiger partial charge in [0.25, 0.3) is 0 Å². The van der Waals surface area contributed by atoms with Crippen LogP contribution in [0, 0.1) is 0 Å². The van der Waals surface area contributed by atoms with E-state index in [0.29, 0.717) is 0 Å². The molecule has 0 aliphatic carbocycles. The molecule has 0 bridgehead atoms. The summed E-state index contributed by atoms with van der Waals surface area (Å²) >= 11 is 0. The summed E-state index contributed by atoms with van der Waals surface area (Å²) in [6, 6.07) is 6.13. The second-order valence-electron chi connectivity index (χ2n) is 3.24. The van der Waals surface area contributed by atoms with E-state index >= 15 is 0 Å². The van der Waals surface area contributed by atoms with Gasteiger partial charge in [-0.05, 0) is 23.4 Å². The molecule has 3 rings (SSSR count). The van der Waals surface area contributed by atoms with Crippen LogP contribution in [0.1, 0.15) is 0 Å². The van der Waals surface area contributed by atoms with Crippen molar-refractivity contribution in [1.82, 2.24) is 0 Å². The molecule has 0 unspecified atom stereocenters. The minimum atomic E-state index is 1.05. The van der Waals surface area contributed by atoms with Crippen molar-refractivity contribution in [3.05, 3.63) is 40.9 Å². The Bertz CT molecular complexity index is 589. The molecule has 2 aliphatic heterocycles. The van der Waals surface area contributed by atoms with Crippen molar-refractivity contribution in [1.29, 1.82) is 0 Å². The molecule has 1 aromatic rings. The lowest BCUT2D eigenvalue weighted by Gasteiger charge is -1.94. The van der Waals surface area contributed by atoms with E-state index in [1.807, 2.05) is 30.5 Å². The van der Waals surface area contributed by atoms with E-state index in [-0.39, 0.29) is 0 Å². The van der Waals surface area contributed by atoms with E-state index < -0.39 is 0 Å². The van der Waals surface area contributed by atoms with Gasteiger partial charge in [-0.15, -0.1) is 0 Å². The molecular formula is C12H8N2. The number of hydrogen-bond donors (Lipinski definition) is 0. The number of hydrogen-bond acceptors (Lipinski definition) is 2. The van der Waals surface area contributed by atoms with Gasteiger partial charge < -0.3 is 0 Å². The van der Waals surface area contributed by atoms with Crippen molar-refractivity contribution in [3.63, 3.8) is 0 Å². The highest BCUT2D eigenvalue weighted by atomic mass is 14.7. The lowest BCUT2D eigenvalue weighted by atomic mass is 10.1. The Balaban J connectivity index is 2.56. The van der Waals surface area contributed by atoms with Gasteiger partial charge in [-0.2, -0.15) is 0 Å². The molecular weight excluding hydrogens is 172 g/mol. The van der Waals surface area contributed by atoms with Gasteiger partial charge in [-0.3, -0.25) is 9.98 Å². The summed E-state index contributed by atoms with van der Waals surface area (Å²) < 4.78 is 0. The molecule has 66 valence electrons. The van der Waals surface area contributed by atoms with Gasteiger partial charge >= 0.3 is 0 Å². The standard InChI is InChI=1S/C12H8N2/c1-2-9-4-6-13-7-5-10-8-14-11(3-1)12(9)10/h1-8H/b6-4?,7-5-,9-4-,10-5?,13-6+,13-7?. The van der Waals surface area contributed by atoms with Crippen molar-refractivity contribution in [2.75, 3.05) is 0 Å². The maximum atomic E-state index is 4.35. The van der Waals surface area contributed by atoms with Gasteiger partial charge in [0, 0.05) is 29.4 Å². The highest BCUT2D eigenvalue weighted by molar-refractivity contribution is 6.11. The van der Waals surface area contributed by atoms with E-state index in [9.17, 15) is 0 Å². The lowest BCUT2D eigenvalue weighted by Crippen LogP contribution is -2.25. The Labute approximate surface area is 81.3 Å². The highest BCUT2D eigenvalue weighted by Gasteiger charge is 2.05. The molecule has 0 aromatic heterocycles. The minimum Gasteiger partial charge on any atom is -0.265 e. The molecule has 0 saturated heterocycles. The Hall–Kier alpha value is -1.96. The summed E-state index contributed by atoms with van der Waals surface area (Å²) in [7, 11) is 0. The highest BCUT2D eigenvalue weighted by Crippen LogP contribution is 2.10. The SMILES string of the molecule is C1=Nc2ccc\c3c2=C1\C=C/N=C/C=3. The number of allylic oxidation sites excluding steroid dienone is 1. The summed E-state index contributed by atoms with van der Waals surface area (Å²) in [5.41, 5.74) is 2.19. The van der Waals surface area contributed by atoms with Crippen LogP contribution in [0.4, 0.5) is 5.69 Å². The van der Waals surface area contributed by atoms with Crippen molar-refractivity contribution in [3.8, 4) is 0 Å². The van der Waals surface area contributed by atoms with Crippen LogP contribution in [0.15, 0.2) is 40.5 Å². The smallest absolute Gasteiger partial charge is 0.0714 e. The Morgan fingerprint density at radius 2 is 2.14 bits per heavy atom. The molecule has 0 radical (unpaired) electrons. The Morgan fingerprint density at radius 3 is 3.14 bits per heavy atom. The molecule has 0 fully saturated rings. The first kappa shape index (κ1) is 7.44. The molecule has 2 nitrogen and oxygen atoms in total. The summed E-state index contributed by atoms with van der Waals surface area (Å²) in [6.45, 7) is 0. The van der Waals surface area contributed by atoms with Gasteiger partial charge in [0.15, 0.2) is 0 Å². The first-order chi connectivity index (χ1) is 6.95. The maximum Gasteiger partial charge on any atom is 0.0714 e. The third-order valence-electron chi connectivity index (χ3n) is 2.39. The zero-order valence-electron chi connectivity index (χ0n) is 7.51. The number of benzene rings is 1. The molecule has 2 heterocycles. The fourth-order valence-electron chi connectivity index (χ4n) is 1.74. The van der Waals surface area contributed by atoms with Gasteiger partial charge in [-0.1, -0.05) is 12.1 Å². The minimum absolute atomic E-state index is 1.05. The predicted octanol–water partition coefficient (Wildman–Crippen LogP) is 0.932. The van der Waals surface area contributed by atoms with Gasteiger partial charge in [-0.25, -0.2) is 0 Å². The first-order valence-electron chi connectivity index (χ1n) is 4.52. The zero-order chi connectivity index (χ0) is 9.38. The summed E-state index contributed by atoms with van der Waals surface area (Å²) in [5, 5.41) is 2.40. The maximum absolute atomic E-state index is 4.35. The van der Waals surface area contributed by atoms with Crippen LogP contribution in [0.25, 0.3) is 11.6 Å². The van der Waals surface area contributed by atoms with Crippen molar-refractivity contribution in [2.45, 2.75) is 0 Å². The van der Waals surface area contributed by atoms with Crippen LogP contribution in [-0.4, -0.2) is 12.4 Å². The zero-order valence-corrected chi connectivity index (χ0v) is 7.51. The number of rotatable bonds is 0. The third-order valence-corrected chi connectivity index (χ3v) is 2.39. The second kappa shape index (κ2) is 2.77. The largest absolute Gasteiger partial charge is 0.265 e. The van der Waals surface area contributed by atoms with Gasteiger partial charge in [0.05, 0.1) is 5.69 Å². The quantitative estimate of drug-likeness (QED) is 0.567. The van der Waals surface area contributed by atoms with E-state index in [1.165, 1.54) is 10.4 Å². The topological polar surface area (TPSA) is 24.7 Å². The predicted molar refractivity (Wildman–Crippen MR) is 59.3 cm³/mol. The van der Waals surface area contributed by atoms with Crippen LogP contribution in [0.3, 0.4) is 0 Å². The Morgan fingerprint density at radius 1 is 1.14 bits per heavy atom. The number of nitrogens with zero attached hydrogens (tertiary/aromatic N) is 2. The normalized spacial score (nSPS) is 23.1. The van der Waals surface area contributed by atoms with Crippen LogP contribution in [0.5, 0.6) is 0 Å². The van der Waals surface area contributed by atoms with Crippen LogP contribution < -0.4 is 10.4 Å². The average Bonchev–Trinajstić information content (AvgIpc) is 2.57. The Kier molecular flexibility index (Phi) is 1.47. The molecule has 1 aromatic carbocycles. The molecule has 14 heavy (non-hydrogen) atoms. The summed E-state index contributed by atoms with van der Waals surface area (Å²) in [6.07, 6.45) is 9.49. The van der Waals surface area contributed by atoms with Gasteiger partial charge in [0.2, 0.25) is 0 Å². The van der Waals surface area contributed by atoms with E-state index in [0.717, 1.165) is 11.3 Å². The van der Waals surface area contributed by atoms with Crippen LogP contribution in [0.2, 0.25) is 0 Å². The van der Waals surface area contributed by atoms with E-state index in [2.05, 4.69) is 16.1 Å². The molecule has 2 aliphatic rings. The monoisotopic (exact) mass is 180 g/mol. The van der Waals surface area contributed by atoms with Gasteiger partial charge in [0.1, 0.15) is 0 Å². The fourth-order valence-corrected chi connectivity index (χ4v) is 1.74. The third kappa shape index (κ3) is 0.973. The fraction of sp³-hybridized carbons (Fsp3) is 0. The molecule has 0 saturated carbocycles. The lowest BCUT2D eigenvalue weighted by molar-refractivity contribution is 1.46. The van der Waals surface area contributed by atoms with E-state index in [4.69, 9.17) is 0 Å². The van der Waals surface area contributed by atoms with Crippen molar-refractivity contribution >= 4 is 29.8 Å². The molecule has 2 heteroatoms. The molecule has 0 N–H and O–H groups in total. The van der Waals surface area contributed by atoms with Crippen molar-refractivity contribution in [2.24, 2.45) is 9.98 Å². The average molecular weight is 180 g/mol.